The SMILES string of the molecule is CCNC(=NCCCCCCC(C)C)NCCc1cnn(C)c1. The molecule has 1 aromatic heterocycles. The van der Waals surface area contributed by atoms with E-state index < -0.39 is 0 Å². The minimum atomic E-state index is 0.831. The number of aromatic nitrogens is 2. The van der Waals surface area contributed by atoms with Crippen LogP contribution in [0.1, 0.15) is 58.4 Å². The first kappa shape index (κ1) is 19.5. The molecule has 5 nitrogen and oxygen atoms in total. The second kappa shape index (κ2) is 12.0. The summed E-state index contributed by atoms with van der Waals surface area (Å²) in [6.07, 6.45) is 11.4. The second-order valence-electron chi connectivity index (χ2n) is 6.56. The number of aryl methyl sites for hydroxylation is 1. The average molecular weight is 322 g/mol. The molecule has 0 atom stereocenters. The summed E-state index contributed by atoms with van der Waals surface area (Å²) >= 11 is 0. The Kier molecular flexibility index (Phi) is 10.2. The molecule has 132 valence electrons. The van der Waals surface area contributed by atoms with E-state index in [0.29, 0.717) is 0 Å². The Labute approximate surface area is 142 Å². The molecule has 0 aliphatic carbocycles. The van der Waals surface area contributed by atoms with Gasteiger partial charge in [-0.2, -0.15) is 5.10 Å². The maximum atomic E-state index is 4.66. The molecule has 0 bridgehead atoms. The number of hydrogen-bond acceptors (Lipinski definition) is 2. The fraction of sp³-hybridized carbons (Fsp3) is 0.778. The van der Waals surface area contributed by atoms with Crippen LogP contribution in [0.5, 0.6) is 0 Å². The summed E-state index contributed by atoms with van der Waals surface area (Å²) in [5, 5.41) is 10.9. The van der Waals surface area contributed by atoms with Gasteiger partial charge < -0.3 is 10.6 Å². The van der Waals surface area contributed by atoms with E-state index in [1.807, 2.05) is 17.9 Å². The van der Waals surface area contributed by atoms with E-state index in [1.54, 1.807) is 0 Å². The molecule has 1 heterocycles. The van der Waals surface area contributed by atoms with Crippen LogP contribution in [0.2, 0.25) is 0 Å². The van der Waals surface area contributed by atoms with E-state index in [4.69, 9.17) is 0 Å². The van der Waals surface area contributed by atoms with Crippen LogP contribution in [0.3, 0.4) is 0 Å². The van der Waals surface area contributed by atoms with Gasteiger partial charge in [-0.25, -0.2) is 0 Å². The highest BCUT2D eigenvalue weighted by molar-refractivity contribution is 5.79. The van der Waals surface area contributed by atoms with Crippen molar-refractivity contribution in [1.82, 2.24) is 20.4 Å². The Hall–Kier alpha value is -1.52. The van der Waals surface area contributed by atoms with Gasteiger partial charge in [0.2, 0.25) is 0 Å². The lowest BCUT2D eigenvalue weighted by Gasteiger charge is -2.10. The summed E-state index contributed by atoms with van der Waals surface area (Å²) in [5.41, 5.74) is 1.25. The molecule has 23 heavy (non-hydrogen) atoms. The van der Waals surface area contributed by atoms with Gasteiger partial charge in [0.25, 0.3) is 0 Å². The molecular formula is C18H35N5. The average Bonchev–Trinajstić information content (AvgIpc) is 2.91. The van der Waals surface area contributed by atoms with Crippen LogP contribution in [0.25, 0.3) is 0 Å². The summed E-state index contributed by atoms with van der Waals surface area (Å²) < 4.78 is 1.84. The number of unbranched alkanes of at least 4 members (excludes halogenated alkanes) is 3. The molecule has 0 radical (unpaired) electrons. The predicted molar refractivity (Wildman–Crippen MR) is 98.8 cm³/mol. The fourth-order valence-electron chi connectivity index (χ4n) is 2.48. The molecule has 5 heteroatoms. The molecule has 1 rings (SSSR count). The van der Waals surface area contributed by atoms with Crippen LogP contribution in [0.4, 0.5) is 0 Å². The highest BCUT2D eigenvalue weighted by Crippen LogP contribution is 2.09. The highest BCUT2D eigenvalue weighted by atomic mass is 15.2. The van der Waals surface area contributed by atoms with Crippen molar-refractivity contribution in [3.05, 3.63) is 18.0 Å². The van der Waals surface area contributed by atoms with Crippen LogP contribution >= 0.6 is 0 Å². The number of nitrogens with zero attached hydrogens (tertiary/aromatic N) is 3. The standard InChI is InChI=1S/C18H35N5/c1-5-19-18(20-12-9-7-6-8-10-16(2)3)21-13-11-17-14-22-23(4)15-17/h14-16H,5-13H2,1-4H3,(H2,19,20,21). The van der Waals surface area contributed by atoms with E-state index >= 15 is 0 Å². The molecule has 2 N–H and O–H groups in total. The largest absolute Gasteiger partial charge is 0.357 e. The van der Waals surface area contributed by atoms with Crippen molar-refractivity contribution in [3.63, 3.8) is 0 Å². The molecule has 0 amide bonds. The van der Waals surface area contributed by atoms with Crippen molar-refractivity contribution in [2.24, 2.45) is 18.0 Å². The van der Waals surface area contributed by atoms with Crippen molar-refractivity contribution in [2.75, 3.05) is 19.6 Å². The van der Waals surface area contributed by atoms with E-state index in [9.17, 15) is 0 Å². The van der Waals surface area contributed by atoms with Crippen molar-refractivity contribution >= 4 is 5.96 Å². The Morgan fingerprint density at radius 1 is 1.22 bits per heavy atom. The predicted octanol–water partition coefficient (Wildman–Crippen LogP) is 3.12. The van der Waals surface area contributed by atoms with Gasteiger partial charge in [-0.05, 0) is 31.2 Å². The smallest absolute Gasteiger partial charge is 0.191 e. The first-order chi connectivity index (χ1) is 11.1. The zero-order chi connectivity index (χ0) is 16.9. The van der Waals surface area contributed by atoms with Crippen molar-refractivity contribution < 1.29 is 0 Å². The number of nitrogens with one attached hydrogen (secondary N) is 2. The molecular weight excluding hydrogens is 286 g/mol. The zero-order valence-electron chi connectivity index (χ0n) is 15.4. The minimum absolute atomic E-state index is 0.831. The van der Waals surface area contributed by atoms with E-state index in [-0.39, 0.29) is 0 Å². The Bertz CT molecular complexity index is 436. The summed E-state index contributed by atoms with van der Waals surface area (Å²) in [5.74, 6) is 1.76. The minimum Gasteiger partial charge on any atom is -0.357 e. The van der Waals surface area contributed by atoms with Crippen molar-refractivity contribution in [3.8, 4) is 0 Å². The topological polar surface area (TPSA) is 54.2 Å². The van der Waals surface area contributed by atoms with Gasteiger partial charge in [-0.15, -0.1) is 0 Å². The van der Waals surface area contributed by atoms with Crippen LogP contribution in [-0.4, -0.2) is 35.4 Å². The van der Waals surface area contributed by atoms with Crippen molar-refractivity contribution in [1.29, 1.82) is 0 Å². The molecule has 0 saturated carbocycles. The molecule has 0 fully saturated rings. The normalized spacial score (nSPS) is 12.0. The number of guanidine groups is 1. The molecule has 0 unspecified atom stereocenters. The van der Waals surface area contributed by atoms with E-state index in [0.717, 1.165) is 37.9 Å². The number of hydrogen-bond donors (Lipinski definition) is 2. The van der Waals surface area contributed by atoms with Crippen LogP contribution in [0, 0.1) is 5.92 Å². The lowest BCUT2D eigenvalue weighted by molar-refractivity contribution is 0.521. The number of rotatable bonds is 11. The Morgan fingerprint density at radius 3 is 2.65 bits per heavy atom. The molecule has 0 aromatic carbocycles. The Morgan fingerprint density at radius 2 is 2.00 bits per heavy atom. The molecule has 0 aliphatic rings. The van der Waals surface area contributed by atoms with Crippen LogP contribution < -0.4 is 10.6 Å². The summed E-state index contributed by atoms with van der Waals surface area (Å²) in [7, 11) is 1.95. The molecule has 1 aromatic rings. The highest BCUT2D eigenvalue weighted by Gasteiger charge is 1.99. The first-order valence-electron chi connectivity index (χ1n) is 9.11. The third kappa shape index (κ3) is 9.97. The number of aliphatic imine (C=N–C) groups is 1. The zero-order valence-corrected chi connectivity index (χ0v) is 15.4. The fourth-order valence-corrected chi connectivity index (χ4v) is 2.48. The molecule has 0 spiro atoms. The van der Waals surface area contributed by atoms with E-state index in [1.165, 1.54) is 37.7 Å². The van der Waals surface area contributed by atoms with Gasteiger partial charge in [0.1, 0.15) is 0 Å². The molecule has 0 saturated heterocycles. The summed E-state index contributed by atoms with van der Waals surface area (Å²) in [6.45, 7) is 9.38. The third-order valence-electron chi connectivity index (χ3n) is 3.77. The summed E-state index contributed by atoms with van der Waals surface area (Å²) in [6, 6.07) is 0. The van der Waals surface area contributed by atoms with Gasteiger partial charge in [0.05, 0.1) is 6.20 Å². The van der Waals surface area contributed by atoms with Gasteiger partial charge >= 0.3 is 0 Å². The lowest BCUT2D eigenvalue weighted by Crippen LogP contribution is -2.38. The van der Waals surface area contributed by atoms with E-state index in [2.05, 4.69) is 47.7 Å². The van der Waals surface area contributed by atoms with Gasteiger partial charge in [0.15, 0.2) is 5.96 Å². The third-order valence-corrected chi connectivity index (χ3v) is 3.77. The Balaban J connectivity index is 2.16. The van der Waals surface area contributed by atoms with Gasteiger partial charge in [-0.1, -0.05) is 39.5 Å². The van der Waals surface area contributed by atoms with Gasteiger partial charge in [-0.3, -0.25) is 9.67 Å². The molecule has 0 aliphatic heterocycles. The van der Waals surface area contributed by atoms with Gasteiger partial charge in [0, 0.05) is 32.9 Å². The van der Waals surface area contributed by atoms with Crippen LogP contribution in [0.15, 0.2) is 17.4 Å². The monoisotopic (exact) mass is 321 g/mol. The van der Waals surface area contributed by atoms with Crippen LogP contribution in [-0.2, 0) is 13.5 Å². The maximum Gasteiger partial charge on any atom is 0.191 e. The lowest BCUT2D eigenvalue weighted by atomic mass is 10.0. The summed E-state index contributed by atoms with van der Waals surface area (Å²) in [4.78, 5) is 4.66. The quantitative estimate of drug-likeness (QED) is 0.374. The van der Waals surface area contributed by atoms with Crippen molar-refractivity contribution in [2.45, 2.75) is 59.3 Å². The maximum absolute atomic E-state index is 4.66. The second-order valence-corrected chi connectivity index (χ2v) is 6.56. The first-order valence-corrected chi connectivity index (χ1v) is 9.11.